The number of nitrogens with two attached hydrogens (primary N) is 2. The minimum absolute atomic E-state index is 0.361. The predicted molar refractivity (Wildman–Crippen MR) is 124 cm³/mol. The Balaban J connectivity index is 0.000000168. The van der Waals surface area contributed by atoms with Crippen molar-refractivity contribution in [1.29, 1.82) is 0 Å². The van der Waals surface area contributed by atoms with Gasteiger partial charge >= 0.3 is 0 Å². The highest BCUT2D eigenvalue weighted by molar-refractivity contribution is 6.00. The first-order valence-corrected chi connectivity index (χ1v) is 9.69. The molecule has 4 aromatic carbocycles. The standard InChI is InChI=1S/C18H12O.C8H8N2O2/c1-3-7-17-15(5-1)13-9-11-14(12-10-13)16-6-2-4-8-18(16)19-17;9-7(11)5-1-2-6(4-3-5)8(10)12/h1-12H;1-4H,(H2,9,11)(H2,10,12). The highest BCUT2D eigenvalue weighted by Gasteiger charge is 2.02. The second-order valence-corrected chi connectivity index (χ2v) is 6.98. The second-order valence-electron chi connectivity index (χ2n) is 6.98. The van der Waals surface area contributed by atoms with E-state index in [0.29, 0.717) is 11.1 Å². The fourth-order valence-electron chi connectivity index (χ4n) is 3.33. The summed E-state index contributed by atoms with van der Waals surface area (Å²) >= 11 is 0. The average molecular weight is 408 g/mol. The van der Waals surface area contributed by atoms with Crippen LogP contribution in [0.15, 0.2) is 101 Å². The Kier molecular flexibility index (Phi) is 5.49. The van der Waals surface area contributed by atoms with E-state index in [1.54, 1.807) is 0 Å². The third kappa shape index (κ3) is 4.31. The van der Waals surface area contributed by atoms with Crippen molar-refractivity contribution in [1.82, 2.24) is 0 Å². The summed E-state index contributed by atoms with van der Waals surface area (Å²) in [6.07, 6.45) is 0. The maximum atomic E-state index is 10.6. The molecule has 31 heavy (non-hydrogen) atoms. The fraction of sp³-hybridized carbons (Fsp3) is 0. The molecular weight excluding hydrogens is 388 g/mol. The number of fused-ring (bicyclic) bond motifs is 2. The lowest BCUT2D eigenvalue weighted by molar-refractivity contribution is 0.0988. The minimum atomic E-state index is -0.522. The van der Waals surface area contributed by atoms with E-state index in [4.69, 9.17) is 15.9 Å². The van der Waals surface area contributed by atoms with Crippen molar-refractivity contribution in [3.05, 3.63) is 108 Å². The van der Waals surface area contributed by atoms with E-state index < -0.39 is 11.8 Å². The number of hydrogen-bond acceptors (Lipinski definition) is 3. The highest BCUT2D eigenvalue weighted by Crippen LogP contribution is 2.25. The van der Waals surface area contributed by atoms with Gasteiger partial charge in [0, 0.05) is 21.9 Å². The van der Waals surface area contributed by atoms with Crippen LogP contribution in [0.1, 0.15) is 20.7 Å². The lowest BCUT2D eigenvalue weighted by Gasteiger charge is -1.96. The molecule has 0 aliphatic rings. The summed E-state index contributed by atoms with van der Waals surface area (Å²) < 4.78 is 6.12. The van der Waals surface area contributed by atoms with Crippen molar-refractivity contribution in [2.24, 2.45) is 11.5 Å². The Morgan fingerprint density at radius 2 is 0.871 bits per heavy atom. The SMILES string of the molecule is NC(=O)c1ccc(C(N)=O)cc1.c1ccc2c3ccc(cc3)c3ccccc3oc2c1. The van der Waals surface area contributed by atoms with Crippen LogP contribution in [0.25, 0.3) is 32.7 Å². The molecule has 2 heterocycles. The van der Waals surface area contributed by atoms with Gasteiger partial charge in [0.2, 0.25) is 11.8 Å². The molecule has 152 valence electrons. The molecule has 0 spiro atoms. The van der Waals surface area contributed by atoms with Crippen LogP contribution in [0.2, 0.25) is 0 Å². The molecule has 0 aliphatic heterocycles. The van der Waals surface area contributed by atoms with E-state index in [9.17, 15) is 9.59 Å². The Morgan fingerprint density at radius 3 is 1.23 bits per heavy atom. The van der Waals surface area contributed by atoms with Gasteiger partial charge in [-0.1, -0.05) is 60.7 Å². The van der Waals surface area contributed by atoms with E-state index in [2.05, 4.69) is 36.4 Å². The second kappa shape index (κ2) is 8.55. The maximum Gasteiger partial charge on any atom is 0.248 e. The lowest BCUT2D eigenvalue weighted by atomic mass is 10.1. The molecule has 6 aromatic rings. The third-order valence-corrected chi connectivity index (χ3v) is 4.95. The van der Waals surface area contributed by atoms with Gasteiger partial charge in [-0.05, 0) is 47.2 Å². The summed E-state index contributed by atoms with van der Waals surface area (Å²) in [5, 5.41) is 4.64. The zero-order valence-corrected chi connectivity index (χ0v) is 16.6. The van der Waals surface area contributed by atoms with Gasteiger partial charge in [-0.15, -0.1) is 0 Å². The first-order chi connectivity index (χ1) is 15.0. The van der Waals surface area contributed by atoms with E-state index in [1.807, 2.05) is 36.4 Å². The topological polar surface area (TPSA) is 99.3 Å². The summed E-state index contributed by atoms with van der Waals surface area (Å²) in [4.78, 5) is 21.2. The molecular formula is C26H20N2O3. The molecule has 2 aromatic heterocycles. The molecule has 4 N–H and O–H groups in total. The van der Waals surface area contributed by atoms with Crippen molar-refractivity contribution in [3.63, 3.8) is 0 Å². The normalized spacial score (nSPS) is 10.5. The van der Waals surface area contributed by atoms with Crippen molar-refractivity contribution >= 4 is 44.5 Å². The molecule has 6 rings (SSSR count). The molecule has 0 fully saturated rings. The summed E-state index contributed by atoms with van der Waals surface area (Å²) in [7, 11) is 0. The molecule has 0 saturated heterocycles. The van der Waals surface area contributed by atoms with Gasteiger partial charge in [-0.25, -0.2) is 0 Å². The summed E-state index contributed by atoms with van der Waals surface area (Å²) in [6, 6.07) is 30.8. The van der Waals surface area contributed by atoms with Gasteiger partial charge in [0.15, 0.2) is 0 Å². The smallest absolute Gasteiger partial charge is 0.248 e. The van der Waals surface area contributed by atoms with Gasteiger partial charge in [0.05, 0.1) is 0 Å². The average Bonchev–Trinajstić information content (AvgIpc) is 2.90. The fourth-order valence-corrected chi connectivity index (χ4v) is 3.33. The largest absolute Gasteiger partial charge is 0.456 e. The van der Waals surface area contributed by atoms with Crippen LogP contribution < -0.4 is 11.5 Å². The molecule has 0 atom stereocenters. The Morgan fingerprint density at radius 1 is 0.516 bits per heavy atom. The third-order valence-electron chi connectivity index (χ3n) is 4.95. The van der Waals surface area contributed by atoms with E-state index in [1.165, 1.54) is 35.0 Å². The zero-order chi connectivity index (χ0) is 21.8. The summed E-state index contributed by atoms with van der Waals surface area (Å²) in [5.41, 5.74) is 12.5. The lowest BCUT2D eigenvalue weighted by Crippen LogP contribution is -2.13. The Labute approximate surface area is 178 Å². The molecule has 2 amide bonds. The van der Waals surface area contributed by atoms with Crippen molar-refractivity contribution in [2.75, 3.05) is 0 Å². The Hall–Kier alpha value is -4.38. The van der Waals surface area contributed by atoms with Gasteiger partial charge in [-0.3, -0.25) is 9.59 Å². The van der Waals surface area contributed by atoms with Crippen LogP contribution in [-0.2, 0) is 0 Å². The predicted octanol–water partition coefficient (Wildman–Crippen LogP) is 5.19. The highest BCUT2D eigenvalue weighted by atomic mass is 16.3. The molecule has 0 radical (unpaired) electrons. The van der Waals surface area contributed by atoms with Crippen molar-refractivity contribution in [3.8, 4) is 0 Å². The van der Waals surface area contributed by atoms with Crippen molar-refractivity contribution in [2.45, 2.75) is 0 Å². The zero-order valence-electron chi connectivity index (χ0n) is 16.6. The van der Waals surface area contributed by atoms with E-state index in [-0.39, 0.29) is 0 Å². The number of benzene rings is 4. The summed E-state index contributed by atoms with van der Waals surface area (Å²) in [6.45, 7) is 0. The van der Waals surface area contributed by atoms with E-state index in [0.717, 1.165) is 21.9 Å². The van der Waals surface area contributed by atoms with Gasteiger partial charge in [0.1, 0.15) is 11.2 Å². The quantitative estimate of drug-likeness (QED) is 0.421. The monoisotopic (exact) mass is 408 g/mol. The number of carbonyl (C=O) groups is 2. The molecule has 0 aliphatic carbocycles. The number of para-hydroxylation sites is 2. The van der Waals surface area contributed by atoms with Crippen molar-refractivity contribution < 1.29 is 14.0 Å². The molecule has 5 heteroatoms. The first-order valence-electron chi connectivity index (χ1n) is 9.69. The van der Waals surface area contributed by atoms with Gasteiger partial charge < -0.3 is 15.9 Å². The summed E-state index contributed by atoms with van der Waals surface area (Å²) in [5.74, 6) is -1.04. The number of amides is 2. The van der Waals surface area contributed by atoms with Gasteiger partial charge in [0.25, 0.3) is 0 Å². The van der Waals surface area contributed by atoms with Crippen LogP contribution in [0.3, 0.4) is 0 Å². The van der Waals surface area contributed by atoms with Crippen LogP contribution >= 0.6 is 0 Å². The minimum Gasteiger partial charge on any atom is -0.456 e. The Bertz CT molecular complexity index is 1310. The molecule has 0 saturated carbocycles. The number of hydrogen-bond donors (Lipinski definition) is 2. The number of carbonyl (C=O) groups excluding carboxylic acids is 2. The number of primary amides is 2. The van der Waals surface area contributed by atoms with Crippen LogP contribution in [0.5, 0.6) is 0 Å². The van der Waals surface area contributed by atoms with Crippen LogP contribution in [0, 0.1) is 0 Å². The first kappa shape index (κ1) is 19.9. The maximum absolute atomic E-state index is 10.6. The van der Waals surface area contributed by atoms with Crippen LogP contribution in [-0.4, -0.2) is 11.8 Å². The van der Waals surface area contributed by atoms with E-state index >= 15 is 0 Å². The molecule has 2 bridgehead atoms. The molecule has 0 unspecified atom stereocenters. The van der Waals surface area contributed by atoms with Crippen LogP contribution in [0.4, 0.5) is 0 Å². The molecule has 5 nitrogen and oxygen atoms in total. The number of rotatable bonds is 2. The van der Waals surface area contributed by atoms with Gasteiger partial charge in [-0.2, -0.15) is 0 Å².